The molecule has 1 aliphatic heterocycles. The Bertz CT molecular complexity index is 551. The average molecular weight is 262 g/mol. The van der Waals surface area contributed by atoms with E-state index in [1.807, 2.05) is 7.05 Å². The number of thiophene rings is 1. The van der Waals surface area contributed by atoms with Crippen LogP contribution in [0.3, 0.4) is 0 Å². The molecule has 0 spiro atoms. The molecule has 1 unspecified atom stereocenters. The van der Waals surface area contributed by atoms with Crippen molar-refractivity contribution in [3.63, 3.8) is 0 Å². The summed E-state index contributed by atoms with van der Waals surface area (Å²) in [5.41, 5.74) is 0. The molecular weight excluding hydrogens is 244 g/mol. The Kier molecular flexibility index (Phi) is 3.18. The van der Waals surface area contributed by atoms with Gasteiger partial charge in [0, 0.05) is 13.1 Å². The monoisotopic (exact) mass is 262 g/mol. The lowest BCUT2D eigenvalue weighted by atomic mass is 10.2. The Labute approximate surface area is 111 Å². The fraction of sp³-hybridized carbons (Fsp3) is 0.538. The van der Waals surface area contributed by atoms with Gasteiger partial charge >= 0.3 is 0 Å². The highest BCUT2D eigenvalue weighted by atomic mass is 32.1. The van der Waals surface area contributed by atoms with E-state index in [1.54, 1.807) is 11.3 Å². The summed E-state index contributed by atoms with van der Waals surface area (Å²) >= 11 is 1.68. The summed E-state index contributed by atoms with van der Waals surface area (Å²) in [6, 6.07) is 2.74. The quantitative estimate of drug-likeness (QED) is 0.923. The van der Waals surface area contributed by atoms with E-state index in [9.17, 15) is 0 Å². The topological polar surface area (TPSA) is 41.1 Å². The van der Waals surface area contributed by atoms with E-state index in [0.29, 0.717) is 6.04 Å². The van der Waals surface area contributed by atoms with Gasteiger partial charge in [-0.25, -0.2) is 9.97 Å². The number of rotatable bonds is 3. The van der Waals surface area contributed by atoms with Gasteiger partial charge in [0.2, 0.25) is 0 Å². The van der Waals surface area contributed by atoms with Gasteiger partial charge < -0.3 is 5.32 Å². The van der Waals surface area contributed by atoms with Crippen molar-refractivity contribution in [1.82, 2.24) is 14.9 Å². The molecule has 96 valence electrons. The minimum absolute atomic E-state index is 0.658. The highest BCUT2D eigenvalue weighted by Crippen LogP contribution is 2.26. The highest BCUT2D eigenvalue weighted by molar-refractivity contribution is 7.16. The molecule has 5 heteroatoms. The van der Waals surface area contributed by atoms with E-state index < -0.39 is 0 Å². The molecular formula is C13H18N4S. The molecule has 0 amide bonds. The second kappa shape index (κ2) is 4.82. The number of anilines is 1. The van der Waals surface area contributed by atoms with E-state index in [4.69, 9.17) is 0 Å². The van der Waals surface area contributed by atoms with Gasteiger partial charge in [-0.15, -0.1) is 11.3 Å². The van der Waals surface area contributed by atoms with Crippen LogP contribution in [0, 0.1) is 0 Å². The maximum Gasteiger partial charge on any atom is 0.146 e. The zero-order valence-electron chi connectivity index (χ0n) is 10.8. The average Bonchev–Trinajstić information content (AvgIpc) is 2.98. The molecule has 0 aromatic carbocycles. The number of likely N-dealkylation sites (tertiary alicyclic amines) is 1. The lowest BCUT2D eigenvalue weighted by Gasteiger charge is -2.20. The maximum absolute atomic E-state index is 4.67. The van der Waals surface area contributed by atoms with Gasteiger partial charge in [0.25, 0.3) is 0 Å². The third kappa shape index (κ3) is 2.08. The number of hydrogen-bond donors (Lipinski definition) is 1. The largest absolute Gasteiger partial charge is 0.372 e. The Morgan fingerprint density at radius 1 is 1.50 bits per heavy atom. The molecule has 1 atom stereocenters. The second-order valence-corrected chi connectivity index (χ2v) is 5.73. The van der Waals surface area contributed by atoms with Crippen molar-refractivity contribution in [3.8, 4) is 0 Å². The molecule has 3 heterocycles. The molecule has 2 aromatic heterocycles. The van der Waals surface area contributed by atoms with E-state index in [2.05, 4.69) is 38.6 Å². The van der Waals surface area contributed by atoms with Gasteiger partial charge in [-0.3, -0.25) is 4.90 Å². The van der Waals surface area contributed by atoms with Crippen molar-refractivity contribution in [2.75, 3.05) is 18.9 Å². The highest BCUT2D eigenvalue weighted by Gasteiger charge is 2.21. The molecule has 4 nitrogen and oxygen atoms in total. The van der Waals surface area contributed by atoms with E-state index >= 15 is 0 Å². The van der Waals surface area contributed by atoms with Gasteiger partial charge in [0.1, 0.15) is 16.5 Å². The first-order valence-corrected chi connectivity index (χ1v) is 7.32. The van der Waals surface area contributed by atoms with Crippen molar-refractivity contribution >= 4 is 27.4 Å². The summed E-state index contributed by atoms with van der Waals surface area (Å²) in [6.07, 6.45) is 2.58. The van der Waals surface area contributed by atoms with Gasteiger partial charge in [-0.1, -0.05) is 0 Å². The van der Waals surface area contributed by atoms with Crippen LogP contribution in [0.5, 0.6) is 0 Å². The summed E-state index contributed by atoms with van der Waals surface area (Å²) in [5.74, 6) is 1.88. The summed E-state index contributed by atoms with van der Waals surface area (Å²) in [4.78, 5) is 12.8. The van der Waals surface area contributed by atoms with Crippen LogP contribution in [-0.4, -0.2) is 34.5 Å². The van der Waals surface area contributed by atoms with Gasteiger partial charge in [-0.2, -0.15) is 0 Å². The summed E-state index contributed by atoms with van der Waals surface area (Å²) in [5, 5.41) is 6.37. The van der Waals surface area contributed by atoms with Crippen LogP contribution in [-0.2, 0) is 6.54 Å². The smallest absolute Gasteiger partial charge is 0.146 e. The molecule has 0 radical (unpaired) electrons. The normalized spacial score (nSPS) is 20.7. The fourth-order valence-corrected chi connectivity index (χ4v) is 3.35. The van der Waals surface area contributed by atoms with Crippen molar-refractivity contribution in [2.45, 2.75) is 32.4 Å². The molecule has 0 bridgehead atoms. The van der Waals surface area contributed by atoms with E-state index in [0.717, 1.165) is 28.4 Å². The third-order valence-electron chi connectivity index (χ3n) is 3.64. The molecule has 1 fully saturated rings. The van der Waals surface area contributed by atoms with E-state index in [-0.39, 0.29) is 0 Å². The van der Waals surface area contributed by atoms with Crippen molar-refractivity contribution in [1.29, 1.82) is 0 Å². The Morgan fingerprint density at radius 3 is 3.11 bits per heavy atom. The van der Waals surface area contributed by atoms with Crippen LogP contribution in [0.25, 0.3) is 10.2 Å². The van der Waals surface area contributed by atoms with Crippen LogP contribution < -0.4 is 5.32 Å². The zero-order valence-corrected chi connectivity index (χ0v) is 11.6. The van der Waals surface area contributed by atoms with Crippen molar-refractivity contribution in [2.24, 2.45) is 0 Å². The molecule has 1 N–H and O–H groups in total. The maximum atomic E-state index is 4.67. The number of fused-ring (bicyclic) bond motifs is 1. The summed E-state index contributed by atoms with van der Waals surface area (Å²) < 4.78 is 0. The van der Waals surface area contributed by atoms with E-state index in [1.165, 1.54) is 19.4 Å². The zero-order chi connectivity index (χ0) is 12.5. The van der Waals surface area contributed by atoms with Crippen LogP contribution in [0.15, 0.2) is 11.4 Å². The van der Waals surface area contributed by atoms with Crippen molar-refractivity contribution in [3.05, 3.63) is 17.3 Å². The van der Waals surface area contributed by atoms with Crippen LogP contribution in [0.2, 0.25) is 0 Å². The fourth-order valence-electron chi connectivity index (χ4n) is 2.57. The van der Waals surface area contributed by atoms with Gasteiger partial charge in [0.05, 0.1) is 11.9 Å². The lowest BCUT2D eigenvalue weighted by Crippen LogP contribution is -2.27. The van der Waals surface area contributed by atoms with Gasteiger partial charge in [-0.05, 0) is 37.8 Å². The summed E-state index contributed by atoms with van der Waals surface area (Å²) in [7, 11) is 1.92. The minimum Gasteiger partial charge on any atom is -0.372 e. The van der Waals surface area contributed by atoms with Crippen molar-refractivity contribution < 1.29 is 0 Å². The number of nitrogens with zero attached hydrogens (tertiary/aromatic N) is 3. The molecule has 1 saturated heterocycles. The first-order chi connectivity index (χ1) is 8.78. The first kappa shape index (κ1) is 11.9. The standard InChI is InChI=1S/C13H18N4S/c1-9-4-3-6-17(9)8-11-15-12(14-2)10-5-7-18-13(10)16-11/h5,7,9H,3-4,6,8H2,1-2H3,(H,14,15,16). The number of hydrogen-bond acceptors (Lipinski definition) is 5. The molecule has 2 aromatic rings. The Morgan fingerprint density at radius 2 is 2.39 bits per heavy atom. The van der Waals surface area contributed by atoms with Crippen LogP contribution in [0.1, 0.15) is 25.6 Å². The number of aromatic nitrogens is 2. The molecule has 3 rings (SSSR count). The third-order valence-corrected chi connectivity index (χ3v) is 4.45. The first-order valence-electron chi connectivity index (χ1n) is 6.44. The van der Waals surface area contributed by atoms with Crippen LogP contribution >= 0.6 is 11.3 Å². The predicted molar refractivity (Wildman–Crippen MR) is 76.1 cm³/mol. The lowest BCUT2D eigenvalue weighted by molar-refractivity contribution is 0.254. The Hall–Kier alpha value is -1.20. The molecule has 1 aliphatic rings. The predicted octanol–water partition coefficient (Wildman–Crippen LogP) is 2.72. The SMILES string of the molecule is CNc1nc(CN2CCCC2C)nc2sccc12. The minimum atomic E-state index is 0.658. The molecule has 0 aliphatic carbocycles. The second-order valence-electron chi connectivity index (χ2n) is 4.84. The van der Waals surface area contributed by atoms with Crippen LogP contribution in [0.4, 0.5) is 5.82 Å². The molecule has 0 saturated carbocycles. The number of nitrogens with one attached hydrogen (secondary N) is 1. The molecule has 18 heavy (non-hydrogen) atoms. The summed E-state index contributed by atoms with van der Waals surface area (Å²) in [6.45, 7) is 4.32. The Balaban J connectivity index is 1.91. The van der Waals surface area contributed by atoms with Gasteiger partial charge in [0.15, 0.2) is 0 Å².